The zero-order chi connectivity index (χ0) is 14.0. The van der Waals surface area contributed by atoms with Crippen LogP contribution in [0.3, 0.4) is 0 Å². The number of benzene rings is 1. The van der Waals surface area contributed by atoms with Crippen molar-refractivity contribution in [2.45, 2.75) is 19.9 Å². The van der Waals surface area contributed by atoms with Gasteiger partial charge in [-0.2, -0.15) is 0 Å². The van der Waals surface area contributed by atoms with E-state index in [0.717, 1.165) is 10.7 Å². The fraction of sp³-hybridized carbons (Fsp3) is 0.250. The van der Waals surface area contributed by atoms with E-state index in [1.165, 1.54) is 17.4 Å². The number of para-hydroxylation sites is 1. The molecule has 0 aliphatic carbocycles. The summed E-state index contributed by atoms with van der Waals surface area (Å²) in [5.41, 5.74) is 7.05. The molecule has 0 aliphatic rings. The quantitative estimate of drug-likeness (QED) is 0.509. The van der Waals surface area contributed by atoms with Crippen LogP contribution in [0.15, 0.2) is 23.6 Å². The van der Waals surface area contributed by atoms with E-state index < -0.39 is 4.92 Å². The lowest BCUT2D eigenvalue weighted by Crippen LogP contribution is -2.09. The van der Waals surface area contributed by atoms with E-state index in [9.17, 15) is 10.1 Å². The van der Waals surface area contributed by atoms with Gasteiger partial charge in [-0.3, -0.25) is 10.1 Å². The lowest BCUT2D eigenvalue weighted by Gasteiger charge is -2.13. The van der Waals surface area contributed by atoms with Crippen molar-refractivity contribution in [2.75, 3.05) is 11.1 Å². The molecule has 0 amide bonds. The van der Waals surface area contributed by atoms with Crippen LogP contribution in [-0.2, 0) is 0 Å². The van der Waals surface area contributed by atoms with Crippen molar-refractivity contribution in [3.05, 3.63) is 44.4 Å². The summed E-state index contributed by atoms with van der Waals surface area (Å²) >= 11 is 1.52. The van der Waals surface area contributed by atoms with Gasteiger partial charge in [-0.1, -0.05) is 6.07 Å². The van der Waals surface area contributed by atoms with Gasteiger partial charge >= 0.3 is 5.69 Å². The molecule has 3 N–H and O–H groups in total. The van der Waals surface area contributed by atoms with Crippen LogP contribution < -0.4 is 11.1 Å². The van der Waals surface area contributed by atoms with Crippen molar-refractivity contribution < 1.29 is 4.92 Å². The molecular weight excluding hydrogens is 264 g/mol. The number of hydrogen-bond acceptors (Lipinski definition) is 6. The SMILES string of the molecule is Cc1csc(C(C)Nc2cccc(N)c2[N+](=O)[O-])n1. The standard InChI is InChI=1S/C12H14N4O2S/c1-7-6-19-12(14-7)8(2)15-10-5-3-4-9(13)11(10)16(17)18/h3-6,8,15H,13H2,1-2H3. The number of nitro benzene ring substituents is 1. The Balaban J connectivity index is 2.28. The summed E-state index contributed by atoms with van der Waals surface area (Å²) in [6, 6.07) is 4.73. The van der Waals surface area contributed by atoms with Gasteiger partial charge in [0.1, 0.15) is 16.4 Å². The molecule has 1 atom stereocenters. The van der Waals surface area contributed by atoms with Crippen LogP contribution >= 0.6 is 11.3 Å². The van der Waals surface area contributed by atoms with E-state index in [4.69, 9.17) is 5.73 Å². The minimum Gasteiger partial charge on any atom is -0.393 e. The van der Waals surface area contributed by atoms with Crippen LogP contribution in [0.4, 0.5) is 17.1 Å². The molecule has 7 heteroatoms. The predicted molar refractivity (Wildman–Crippen MR) is 76.4 cm³/mol. The summed E-state index contributed by atoms with van der Waals surface area (Å²) in [6.45, 7) is 3.82. The number of nitrogens with two attached hydrogens (primary N) is 1. The summed E-state index contributed by atoms with van der Waals surface area (Å²) in [4.78, 5) is 14.9. The molecule has 19 heavy (non-hydrogen) atoms. The third kappa shape index (κ3) is 2.82. The summed E-state index contributed by atoms with van der Waals surface area (Å²) in [7, 11) is 0. The third-order valence-corrected chi connectivity index (χ3v) is 3.77. The lowest BCUT2D eigenvalue weighted by atomic mass is 10.2. The van der Waals surface area contributed by atoms with Gasteiger partial charge in [-0.15, -0.1) is 11.3 Å². The Hall–Kier alpha value is -2.15. The number of thiazole rings is 1. The highest BCUT2D eigenvalue weighted by molar-refractivity contribution is 7.09. The Morgan fingerprint density at radius 1 is 1.53 bits per heavy atom. The molecule has 0 aliphatic heterocycles. The van der Waals surface area contributed by atoms with Crippen LogP contribution in [0.25, 0.3) is 0 Å². The number of aryl methyl sites for hydroxylation is 1. The Bertz CT molecular complexity index is 612. The molecule has 0 saturated heterocycles. The van der Waals surface area contributed by atoms with Crippen LogP contribution in [0.2, 0.25) is 0 Å². The molecule has 100 valence electrons. The van der Waals surface area contributed by atoms with E-state index in [2.05, 4.69) is 10.3 Å². The van der Waals surface area contributed by atoms with Gasteiger partial charge in [0, 0.05) is 11.1 Å². The van der Waals surface area contributed by atoms with Crippen LogP contribution in [0.1, 0.15) is 23.7 Å². The molecule has 1 aromatic carbocycles. The fourth-order valence-corrected chi connectivity index (χ4v) is 2.55. The van der Waals surface area contributed by atoms with Gasteiger partial charge < -0.3 is 11.1 Å². The van der Waals surface area contributed by atoms with E-state index in [0.29, 0.717) is 5.69 Å². The van der Waals surface area contributed by atoms with E-state index in [1.807, 2.05) is 19.2 Å². The van der Waals surface area contributed by atoms with Gasteiger partial charge in [0.25, 0.3) is 0 Å². The number of hydrogen-bond donors (Lipinski definition) is 2. The van der Waals surface area contributed by atoms with Gasteiger partial charge in [0.15, 0.2) is 0 Å². The molecule has 0 saturated carbocycles. The summed E-state index contributed by atoms with van der Waals surface area (Å²) in [5, 5.41) is 17.0. The van der Waals surface area contributed by atoms with Crippen molar-refractivity contribution in [3.8, 4) is 0 Å². The highest BCUT2D eigenvalue weighted by Gasteiger charge is 2.20. The van der Waals surface area contributed by atoms with Crippen LogP contribution in [-0.4, -0.2) is 9.91 Å². The number of nitrogens with zero attached hydrogens (tertiary/aromatic N) is 2. The first-order chi connectivity index (χ1) is 8.99. The van der Waals surface area contributed by atoms with Gasteiger partial charge in [-0.05, 0) is 26.0 Å². The normalized spacial score (nSPS) is 12.1. The number of nitrogen functional groups attached to an aromatic ring is 1. The topological polar surface area (TPSA) is 94.1 Å². The van der Waals surface area contributed by atoms with Crippen molar-refractivity contribution in [2.24, 2.45) is 0 Å². The molecule has 2 aromatic rings. The smallest absolute Gasteiger partial charge is 0.314 e. The molecule has 1 aromatic heterocycles. The lowest BCUT2D eigenvalue weighted by molar-refractivity contribution is -0.383. The van der Waals surface area contributed by atoms with Gasteiger partial charge in [-0.25, -0.2) is 4.98 Å². The summed E-state index contributed by atoms with van der Waals surface area (Å²) < 4.78 is 0. The maximum atomic E-state index is 11.0. The molecular formula is C12H14N4O2S. The zero-order valence-corrected chi connectivity index (χ0v) is 11.4. The Morgan fingerprint density at radius 2 is 2.26 bits per heavy atom. The van der Waals surface area contributed by atoms with Crippen molar-refractivity contribution in [1.82, 2.24) is 4.98 Å². The van der Waals surface area contributed by atoms with E-state index in [1.54, 1.807) is 12.1 Å². The van der Waals surface area contributed by atoms with Crippen molar-refractivity contribution >= 4 is 28.4 Å². The molecule has 0 fully saturated rings. The van der Waals surface area contributed by atoms with E-state index in [-0.39, 0.29) is 17.4 Å². The monoisotopic (exact) mass is 278 g/mol. The number of nitrogens with one attached hydrogen (secondary N) is 1. The van der Waals surface area contributed by atoms with Gasteiger partial charge in [0.05, 0.1) is 11.0 Å². The number of aromatic nitrogens is 1. The highest BCUT2D eigenvalue weighted by Crippen LogP contribution is 2.33. The molecule has 2 rings (SSSR count). The fourth-order valence-electron chi connectivity index (χ4n) is 1.75. The zero-order valence-electron chi connectivity index (χ0n) is 10.6. The van der Waals surface area contributed by atoms with Crippen molar-refractivity contribution in [1.29, 1.82) is 0 Å². The molecule has 1 heterocycles. The summed E-state index contributed by atoms with van der Waals surface area (Å²) in [6.07, 6.45) is 0. The van der Waals surface area contributed by atoms with Crippen LogP contribution in [0.5, 0.6) is 0 Å². The molecule has 0 radical (unpaired) electrons. The first-order valence-electron chi connectivity index (χ1n) is 5.70. The minimum absolute atomic E-state index is 0.0948. The Morgan fingerprint density at radius 3 is 2.84 bits per heavy atom. The largest absolute Gasteiger partial charge is 0.393 e. The maximum absolute atomic E-state index is 11.0. The third-order valence-electron chi connectivity index (χ3n) is 2.63. The average molecular weight is 278 g/mol. The highest BCUT2D eigenvalue weighted by atomic mass is 32.1. The second-order valence-corrected chi connectivity index (χ2v) is 5.08. The van der Waals surface area contributed by atoms with Crippen molar-refractivity contribution in [3.63, 3.8) is 0 Å². The second-order valence-electron chi connectivity index (χ2n) is 4.19. The number of nitro groups is 1. The first-order valence-corrected chi connectivity index (χ1v) is 6.58. The number of rotatable bonds is 4. The number of anilines is 2. The van der Waals surface area contributed by atoms with E-state index >= 15 is 0 Å². The van der Waals surface area contributed by atoms with Crippen LogP contribution in [0, 0.1) is 17.0 Å². The predicted octanol–water partition coefficient (Wildman–Crippen LogP) is 3.12. The Labute approximate surface area is 114 Å². The first kappa shape index (κ1) is 13.3. The maximum Gasteiger partial charge on any atom is 0.314 e. The molecule has 6 nitrogen and oxygen atoms in total. The van der Waals surface area contributed by atoms with Gasteiger partial charge in [0.2, 0.25) is 0 Å². The molecule has 0 bridgehead atoms. The molecule has 1 unspecified atom stereocenters. The minimum atomic E-state index is -0.475. The summed E-state index contributed by atoms with van der Waals surface area (Å²) in [5.74, 6) is 0. The molecule has 0 spiro atoms. The average Bonchev–Trinajstić information content (AvgIpc) is 2.75. The second kappa shape index (κ2) is 5.23. The Kier molecular flexibility index (Phi) is 3.66.